The normalized spacial score (nSPS) is 10.7. The summed E-state index contributed by atoms with van der Waals surface area (Å²) in [6.45, 7) is 6.35. The fourth-order valence-electron chi connectivity index (χ4n) is 2.27. The van der Waals surface area contributed by atoms with Crippen molar-refractivity contribution >= 4 is 11.4 Å². The number of hydrogen-bond acceptors (Lipinski definition) is 5. The summed E-state index contributed by atoms with van der Waals surface area (Å²) in [6.07, 6.45) is 0.455. The number of hydrogen-bond donors (Lipinski definition) is 1. The highest BCUT2D eigenvalue weighted by Crippen LogP contribution is 2.23. The quantitative estimate of drug-likeness (QED) is 0.588. The minimum Gasteiger partial charge on any atom is -0.388 e. The molecule has 0 heterocycles. The Hall–Kier alpha value is -2.13. The van der Waals surface area contributed by atoms with Gasteiger partial charge in [-0.3, -0.25) is 15.0 Å². The molecular formula is C15H22N4O2. The maximum atomic E-state index is 10.9. The van der Waals surface area contributed by atoms with Crippen molar-refractivity contribution in [1.82, 2.24) is 4.90 Å². The SMILES string of the molecule is CNc1ccc([N+](=O)[O-])cc1CN(CCC#N)CC(C)C. The molecular weight excluding hydrogens is 268 g/mol. The molecule has 114 valence electrons. The molecule has 1 aromatic rings. The first-order valence-electron chi connectivity index (χ1n) is 7.02. The Labute approximate surface area is 125 Å². The standard InChI is InChI=1S/C15H22N4O2/c1-12(2)10-18(8-4-7-16)11-13-9-14(19(20)21)5-6-15(13)17-3/h5-6,9,12,17H,4,8,10-11H2,1-3H3. The van der Waals surface area contributed by atoms with Crippen molar-refractivity contribution < 1.29 is 4.92 Å². The van der Waals surface area contributed by atoms with Crippen molar-refractivity contribution in [1.29, 1.82) is 5.26 Å². The molecule has 0 bridgehead atoms. The van der Waals surface area contributed by atoms with Gasteiger partial charge in [0.05, 0.1) is 11.0 Å². The lowest BCUT2D eigenvalue weighted by Gasteiger charge is -2.24. The molecule has 0 unspecified atom stereocenters. The third-order valence-electron chi connectivity index (χ3n) is 3.13. The highest BCUT2D eigenvalue weighted by Gasteiger charge is 2.14. The van der Waals surface area contributed by atoms with Crippen LogP contribution in [0.3, 0.4) is 0 Å². The van der Waals surface area contributed by atoms with E-state index in [1.165, 1.54) is 6.07 Å². The zero-order valence-electron chi connectivity index (χ0n) is 12.8. The van der Waals surface area contributed by atoms with E-state index in [-0.39, 0.29) is 10.6 Å². The molecule has 6 heteroatoms. The smallest absolute Gasteiger partial charge is 0.269 e. The lowest BCUT2D eigenvalue weighted by molar-refractivity contribution is -0.384. The van der Waals surface area contributed by atoms with E-state index in [1.54, 1.807) is 19.2 Å². The molecule has 0 spiro atoms. The average molecular weight is 290 g/mol. The van der Waals surface area contributed by atoms with Crippen LogP contribution in [0.25, 0.3) is 0 Å². The third-order valence-corrected chi connectivity index (χ3v) is 3.13. The van der Waals surface area contributed by atoms with Crippen LogP contribution in [-0.2, 0) is 6.54 Å². The van der Waals surface area contributed by atoms with E-state index in [2.05, 4.69) is 30.1 Å². The van der Waals surface area contributed by atoms with Gasteiger partial charge in [0.2, 0.25) is 0 Å². The van der Waals surface area contributed by atoms with Crippen LogP contribution in [0.5, 0.6) is 0 Å². The van der Waals surface area contributed by atoms with Crippen LogP contribution in [0.2, 0.25) is 0 Å². The van der Waals surface area contributed by atoms with Gasteiger partial charge in [-0.15, -0.1) is 0 Å². The number of nitriles is 1. The van der Waals surface area contributed by atoms with Crippen molar-refractivity contribution in [2.24, 2.45) is 5.92 Å². The van der Waals surface area contributed by atoms with Gasteiger partial charge in [0.15, 0.2) is 0 Å². The van der Waals surface area contributed by atoms with Crippen LogP contribution in [0.4, 0.5) is 11.4 Å². The van der Waals surface area contributed by atoms with Crippen LogP contribution < -0.4 is 5.32 Å². The van der Waals surface area contributed by atoms with Gasteiger partial charge < -0.3 is 5.32 Å². The van der Waals surface area contributed by atoms with Crippen molar-refractivity contribution in [2.45, 2.75) is 26.8 Å². The maximum Gasteiger partial charge on any atom is 0.269 e. The first-order chi connectivity index (χ1) is 9.97. The van der Waals surface area contributed by atoms with Crippen LogP contribution >= 0.6 is 0 Å². The summed E-state index contributed by atoms with van der Waals surface area (Å²) in [5.41, 5.74) is 1.85. The highest BCUT2D eigenvalue weighted by molar-refractivity contribution is 5.55. The molecule has 0 aliphatic carbocycles. The van der Waals surface area contributed by atoms with Crippen LogP contribution in [0.15, 0.2) is 18.2 Å². The van der Waals surface area contributed by atoms with Crippen molar-refractivity contribution in [2.75, 3.05) is 25.5 Å². The topological polar surface area (TPSA) is 82.2 Å². The number of nitrogens with one attached hydrogen (secondary N) is 1. The number of benzene rings is 1. The summed E-state index contributed by atoms with van der Waals surface area (Å²) in [4.78, 5) is 12.7. The second-order valence-electron chi connectivity index (χ2n) is 5.39. The molecule has 1 aromatic carbocycles. The summed E-state index contributed by atoms with van der Waals surface area (Å²) in [5, 5.41) is 22.7. The van der Waals surface area contributed by atoms with E-state index in [1.807, 2.05) is 0 Å². The summed E-state index contributed by atoms with van der Waals surface area (Å²) >= 11 is 0. The van der Waals surface area contributed by atoms with Crippen LogP contribution in [-0.4, -0.2) is 30.0 Å². The summed E-state index contributed by atoms with van der Waals surface area (Å²) in [6, 6.07) is 6.98. The Bertz CT molecular complexity index is 523. The van der Waals surface area contributed by atoms with Gasteiger partial charge in [-0.25, -0.2) is 0 Å². The molecule has 0 radical (unpaired) electrons. The largest absolute Gasteiger partial charge is 0.388 e. The minimum atomic E-state index is -0.384. The molecule has 0 saturated carbocycles. The predicted molar refractivity (Wildman–Crippen MR) is 83.0 cm³/mol. The van der Waals surface area contributed by atoms with Crippen molar-refractivity contribution in [3.05, 3.63) is 33.9 Å². The monoisotopic (exact) mass is 290 g/mol. The Balaban J connectivity index is 2.97. The number of anilines is 1. The predicted octanol–water partition coefficient (Wildman–Crippen LogP) is 3.01. The first kappa shape index (κ1) is 16.9. The van der Waals surface area contributed by atoms with Crippen molar-refractivity contribution in [3.8, 4) is 6.07 Å². The van der Waals surface area contributed by atoms with Gasteiger partial charge in [-0.05, 0) is 17.5 Å². The lowest BCUT2D eigenvalue weighted by Crippen LogP contribution is -2.28. The van der Waals surface area contributed by atoms with E-state index in [4.69, 9.17) is 5.26 Å². The molecule has 0 fully saturated rings. The van der Waals surface area contributed by atoms with Gasteiger partial charge in [0.25, 0.3) is 5.69 Å². The van der Waals surface area contributed by atoms with E-state index < -0.39 is 0 Å². The van der Waals surface area contributed by atoms with Crippen LogP contribution in [0, 0.1) is 27.4 Å². The Morgan fingerprint density at radius 3 is 2.71 bits per heavy atom. The highest BCUT2D eigenvalue weighted by atomic mass is 16.6. The second kappa shape index (κ2) is 8.22. The number of nitro benzene ring substituents is 1. The van der Waals surface area contributed by atoms with E-state index in [0.717, 1.165) is 17.8 Å². The van der Waals surface area contributed by atoms with E-state index in [9.17, 15) is 10.1 Å². The number of nitrogens with zero attached hydrogens (tertiary/aromatic N) is 3. The molecule has 0 atom stereocenters. The average Bonchev–Trinajstić information content (AvgIpc) is 2.44. The molecule has 0 aliphatic rings. The fourth-order valence-corrected chi connectivity index (χ4v) is 2.27. The van der Waals surface area contributed by atoms with E-state index in [0.29, 0.717) is 25.4 Å². The van der Waals surface area contributed by atoms with Gasteiger partial charge in [-0.2, -0.15) is 5.26 Å². The second-order valence-corrected chi connectivity index (χ2v) is 5.39. The Morgan fingerprint density at radius 1 is 1.48 bits per heavy atom. The fraction of sp³-hybridized carbons (Fsp3) is 0.533. The molecule has 1 rings (SSSR count). The molecule has 6 nitrogen and oxygen atoms in total. The summed E-state index contributed by atoms with van der Waals surface area (Å²) < 4.78 is 0. The van der Waals surface area contributed by atoms with Crippen LogP contribution in [0.1, 0.15) is 25.8 Å². The Kier molecular flexibility index (Phi) is 6.63. The van der Waals surface area contributed by atoms with Gasteiger partial charge >= 0.3 is 0 Å². The molecule has 0 aliphatic heterocycles. The molecule has 21 heavy (non-hydrogen) atoms. The molecule has 0 saturated heterocycles. The zero-order valence-corrected chi connectivity index (χ0v) is 12.8. The maximum absolute atomic E-state index is 10.9. The molecule has 0 aromatic heterocycles. The summed E-state index contributed by atoms with van der Waals surface area (Å²) in [5.74, 6) is 0.473. The first-order valence-corrected chi connectivity index (χ1v) is 7.02. The zero-order chi connectivity index (χ0) is 15.8. The van der Waals surface area contributed by atoms with E-state index >= 15 is 0 Å². The summed E-state index contributed by atoms with van der Waals surface area (Å²) in [7, 11) is 1.80. The van der Waals surface area contributed by atoms with Gasteiger partial charge in [-0.1, -0.05) is 13.8 Å². The molecule has 1 N–H and O–H groups in total. The van der Waals surface area contributed by atoms with Crippen molar-refractivity contribution in [3.63, 3.8) is 0 Å². The van der Waals surface area contributed by atoms with Gasteiger partial charge in [0, 0.05) is 50.9 Å². The lowest BCUT2D eigenvalue weighted by atomic mass is 10.1. The minimum absolute atomic E-state index is 0.0915. The number of nitro groups is 1. The molecule has 0 amide bonds. The third kappa shape index (κ3) is 5.40. The van der Waals surface area contributed by atoms with Gasteiger partial charge in [0.1, 0.15) is 0 Å². The number of non-ortho nitro benzene ring substituents is 1. The Morgan fingerprint density at radius 2 is 2.19 bits per heavy atom. The number of rotatable bonds is 8.